The van der Waals surface area contributed by atoms with Gasteiger partial charge in [0.1, 0.15) is 0 Å². The number of hydroxylamine groups is 2. The zero-order valence-electron chi connectivity index (χ0n) is 12.6. The number of ether oxygens (including phenoxy) is 1. The Morgan fingerprint density at radius 1 is 1.30 bits per heavy atom. The van der Waals surface area contributed by atoms with Gasteiger partial charge in [-0.1, -0.05) is 18.2 Å². The normalized spacial score (nSPS) is 24.6. The zero-order valence-corrected chi connectivity index (χ0v) is 12.6. The molecule has 1 aromatic rings. The van der Waals surface area contributed by atoms with Crippen LogP contribution in [0, 0.1) is 5.92 Å². The van der Waals surface area contributed by atoms with Crippen LogP contribution in [0.3, 0.4) is 0 Å². The van der Waals surface area contributed by atoms with Gasteiger partial charge in [0.05, 0.1) is 12.2 Å². The summed E-state index contributed by atoms with van der Waals surface area (Å²) >= 11 is 0. The van der Waals surface area contributed by atoms with Crippen molar-refractivity contribution in [2.24, 2.45) is 5.92 Å². The minimum atomic E-state index is -0.402. The van der Waals surface area contributed by atoms with Gasteiger partial charge in [-0.2, -0.15) is 5.06 Å². The summed E-state index contributed by atoms with van der Waals surface area (Å²) in [5.74, 6) is -0.203. The predicted molar refractivity (Wildman–Crippen MR) is 76.6 cm³/mol. The summed E-state index contributed by atoms with van der Waals surface area (Å²) in [6.45, 7) is 8.26. The van der Waals surface area contributed by atoms with Gasteiger partial charge in [0.25, 0.3) is 0 Å². The molecule has 0 aliphatic carbocycles. The number of carbonyl (C=O) groups excluding carboxylic acids is 1. The minimum absolute atomic E-state index is 0.107. The highest BCUT2D eigenvalue weighted by atomic mass is 16.5. The van der Waals surface area contributed by atoms with Crippen molar-refractivity contribution in [1.82, 2.24) is 5.06 Å². The SMILES string of the molecule is CC1(C)CC(COC(=O)c2ccccc2)C(C)(C)N1O. The summed E-state index contributed by atoms with van der Waals surface area (Å²) in [4.78, 5) is 12.0. The fraction of sp³-hybridized carbons (Fsp3) is 0.562. The van der Waals surface area contributed by atoms with Gasteiger partial charge in [0.15, 0.2) is 0 Å². The van der Waals surface area contributed by atoms with E-state index in [0.717, 1.165) is 6.42 Å². The maximum absolute atomic E-state index is 12.0. The third-order valence-electron chi connectivity index (χ3n) is 4.29. The number of benzene rings is 1. The molecule has 4 heteroatoms. The van der Waals surface area contributed by atoms with Gasteiger partial charge in [0.2, 0.25) is 0 Å². The molecule has 1 aliphatic rings. The van der Waals surface area contributed by atoms with Crippen molar-refractivity contribution >= 4 is 5.97 Å². The smallest absolute Gasteiger partial charge is 0.338 e. The molecule has 1 saturated heterocycles. The highest BCUT2D eigenvalue weighted by Gasteiger charge is 2.51. The Hall–Kier alpha value is -1.39. The van der Waals surface area contributed by atoms with Crippen LogP contribution in [0.1, 0.15) is 44.5 Å². The van der Waals surface area contributed by atoms with Gasteiger partial charge in [0, 0.05) is 17.0 Å². The zero-order chi connectivity index (χ0) is 15.0. The van der Waals surface area contributed by atoms with Crippen LogP contribution in [-0.4, -0.2) is 33.9 Å². The minimum Gasteiger partial charge on any atom is -0.462 e. The molecule has 4 nitrogen and oxygen atoms in total. The Balaban J connectivity index is 2.00. The average Bonchev–Trinajstić information content (AvgIpc) is 2.57. The largest absolute Gasteiger partial charge is 0.462 e. The van der Waals surface area contributed by atoms with Crippen LogP contribution >= 0.6 is 0 Å². The second-order valence-electron chi connectivity index (χ2n) is 6.64. The van der Waals surface area contributed by atoms with Gasteiger partial charge < -0.3 is 9.94 Å². The highest BCUT2D eigenvalue weighted by Crippen LogP contribution is 2.43. The lowest BCUT2D eigenvalue weighted by Crippen LogP contribution is -2.47. The number of esters is 1. The van der Waals surface area contributed by atoms with Crippen molar-refractivity contribution in [1.29, 1.82) is 0 Å². The van der Waals surface area contributed by atoms with Crippen LogP contribution in [0.15, 0.2) is 30.3 Å². The quantitative estimate of drug-likeness (QED) is 0.862. The Morgan fingerprint density at radius 2 is 1.90 bits per heavy atom. The van der Waals surface area contributed by atoms with Crippen molar-refractivity contribution < 1.29 is 14.7 Å². The van der Waals surface area contributed by atoms with Crippen molar-refractivity contribution in [2.45, 2.75) is 45.2 Å². The first-order valence-electron chi connectivity index (χ1n) is 6.96. The lowest BCUT2D eigenvalue weighted by Gasteiger charge is -2.35. The van der Waals surface area contributed by atoms with Crippen LogP contribution in [0.5, 0.6) is 0 Å². The molecule has 0 radical (unpaired) electrons. The molecule has 1 aromatic carbocycles. The molecule has 1 heterocycles. The average molecular weight is 277 g/mol. The first kappa shape index (κ1) is 15.0. The summed E-state index contributed by atoms with van der Waals surface area (Å²) in [5.41, 5.74) is -0.142. The number of hydrogen-bond donors (Lipinski definition) is 1. The number of hydrogen-bond acceptors (Lipinski definition) is 4. The summed E-state index contributed by atoms with van der Waals surface area (Å²) in [6.07, 6.45) is 0.790. The van der Waals surface area contributed by atoms with E-state index in [0.29, 0.717) is 12.2 Å². The third-order valence-corrected chi connectivity index (χ3v) is 4.29. The topological polar surface area (TPSA) is 49.8 Å². The predicted octanol–water partition coefficient (Wildman–Crippen LogP) is 3.11. The maximum atomic E-state index is 12.0. The van der Waals surface area contributed by atoms with Crippen LogP contribution in [0.2, 0.25) is 0 Å². The summed E-state index contributed by atoms with van der Waals surface area (Å²) in [5, 5.41) is 11.6. The second kappa shape index (κ2) is 5.19. The molecular weight excluding hydrogens is 254 g/mol. The second-order valence-corrected chi connectivity index (χ2v) is 6.64. The molecule has 1 N–H and O–H groups in total. The standard InChI is InChI=1S/C16H23NO3/c1-15(2)10-13(16(3,4)17(15)19)11-20-14(18)12-8-6-5-7-9-12/h5-9,13,19H,10-11H2,1-4H3. The molecule has 110 valence electrons. The number of rotatable bonds is 3. The van der Waals surface area contributed by atoms with Gasteiger partial charge >= 0.3 is 5.97 Å². The van der Waals surface area contributed by atoms with E-state index in [4.69, 9.17) is 4.74 Å². The van der Waals surface area contributed by atoms with Crippen LogP contribution in [0.25, 0.3) is 0 Å². The fourth-order valence-corrected chi connectivity index (χ4v) is 2.99. The number of nitrogens with zero attached hydrogens (tertiary/aromatic N) is 1. The van der Waals surface area contributed by atoms with Crippen molar-refractivity contribution in [3.8, 4) is 0 Å². The summed E-state index contributed by atoms with van der Waals surface area (Å²) in [7, 11) is 0. The van der Waals surface area contributed by atoms with Gasteiger partial charge in [-0.3, -0.25) is 0 Å². The van der Waals surface area contributed by atoms with E-state index < -0.39 is 5.54 Å². The van der Waals surface area contributed by atoms with E-state index in [1.165, 1.54) is 5.06 Å². The Kier molecular flexibility index (Phi) is 3.89. The lowest BCUT2D eigenvalue weighted by atomic mass is 9.88. The highest BCUT2D eigenvalue weighted by molar-refractivity contribution is 5.89. The van der Waals surface area contributed by atoms with E-state index in [2.05, 4.69) is 0 Å². The fourth-order valence-electron chi connectivity index (χ4n) is 2.99. The summed E-state index contributed by atoms with van der Waals surface area (Å²) in [6, 6.07) is 8.97. The molecule has 0 bridgehead atoms. The Bertz CT molecular complexity index is 482. The molecule has 1 unspecified atom stereocenters. The monoisotopic (exact) mass is 277 g/mol. The Labute approximate surface area is 120 Å². The number of carbonyl (C=O) groups is 1. The first-order valence-corrected chi connectivity index (χ1v) is 6.96. The van der Waals surface area contributed by atoms with E-state index in [1.54, 1.807) is 12.1 Å². The van der Waals surface area contributed by atoms with E-state index in [9.17, 15) is 10.0 Å². The van der Waals surface area contributed by atoms with Crippen molar-refractivity contribution in [3.63, 3.8) is 0 Å². The van der Waals surface area contributed by atoms with E-state index in [1.807, 2.05) is 45.9 Å². The van der Waals surface area contributed by atoms with E-state index in [-0.39, 0.29) is 17.4 Å². The summed E-state index contributed by atoms with van der Waals surface area (Å²) < 4.78 is 5.41. The molecule has 20 heavy (non-hydrogen) atoms. The molecule has 0 spiro atoms. The van der Waals surface area contributed by atoms with Crippen LogP contribution in [-0.2, 0) is 4.74 Å². The molecular formula is C16H23NO3. The van der Waals surface area contributed by atoms with Gasteiger partial charge in [-0.25, -0.2) is 4.79 Å². The van der Waals surface area contributed by atoms with Crippen LogP contribution in [0.4, 0.5) is 0 Å². The third kappa shape index (κ3) is 2.72. The molecule has 2 rings (SSSR count). The molecule has 1 fully saturated rings. The van der Waals surface area contributed by atoms with Crippen molar-refractivity contribution in [2.75, 3.05) is 6.61 Å². The molecule has 0 amide bonds. The Morgan fingerprint density at radius 3 is 2.40 bits per heavy atom. The van der Waals surface area contributed by atoms with Crippen molar-refractivity contribution in [3.05, 3.63) is 35.9 Å². The van der Waals surface area contributed by atoms with E-state index >= 15 is 0 Å². The molecule has 1 aliphatic heterocycles. The first-order chi connectivity index (χ1) is 9.25. The molecule has 1 atom stereocenters. The van der Waals surface area contributed by atoms with Crippen LogP contribution < -0.4 is 0 Å². The van der Waals surface area contributed by atoms with Gasteiger partial charge in [-0.15, -0.1) is 0 Å². The lowest BCUT2D eigenvalue weighted by molar-refractivity contribution is -0.198. The maximum Gasteiger partial charge on any atom is 0.338 e. The van der Waals surface area contributed by atoms with Gasteiger partial charge in [-0.05, 0) is 46.2 Å². The molecule has 0 aromatic heterocycles. The molecule has 0 saturated carbocycles.